The van der Waals surface area contributed by atoms with Gasteiger partial charge in [-0.15, -0.1) is 0 Å². The van der Waals surface area contributed by atoms with E-state index in [1.54, 1.807) is 0 Å². The molecule has 0 spiro atoms. The Balaban J connectivity index is 3.04. The van der Waals surface area contributed by atoms with Crippen LogP contribution in [0.2, 0.25) is 0 Å². The zero-order valence-corrected chi connectivity index (χ0v) is 6.78. The Morgan fingerprint density at radius 3 is 2.82 bits per heavy atom. The minimum absolute atomic E-state index is 0.0899. The van der Waals surface area contributed by atoms with Crippen molar-refractivity contribution in [1.29, 1.82) is 0 Å². The van der Waals surface area contributed by atoms with E-state index in [1.165, 1.54) is 0 Å². The molecule has 0 heterocycles. The molecule has 1 nitrogen and oxygen atoms in total. The number of rotatable bonds is 1. The van der Waals surface area contributed by atoms with Gasteiger partial charge in [0, 0.05) is 6.07 Å². The highest BCUT2D eigenvalue weighted by Gasteiger charge is 2.07. The molecule has 11 heavy (non-hydrogen) atoms. The molecule has 0 saturated heterocycles. The Labute approximate surface area is 75.3 Å². The summed E-state index contributed by atoms with van der Waals surface area (Å²) >= 11 is 2.75. The first-order valence-electron chi connectivity index (χ1n) is 4.13. The predicted octanol–water partition coefficient (Wildman–Crippen LogP) is 2.74. The van der Waals surface area contributed by atoms with E-state index in [4.69, 9.17) is 4.11 Å². The van der Waals surface area contributed by atoms with E-state index >= 15 is 0 Å². The molecule has 0 radical (unpaired) electrons. The molecule has 0 atom stereocenters. The van der Waals surface area contributed by atoms with Gasteiger partial charge in [0.2, 0.25) is 0 Å². The van der Waals surface area contributed by atoms with Crippen LogP contribution in [0.15, 0.2) is 16.6 Å². The molecule has 0 N–H and O–H groups in total. The summed E-state index contributed by atoms with van der Waals surface area (Å²) < 4.78 is 50.1. The number of hydrogen-bond acceptors (Lipinski definition) is 1. The maximum Gasteiger partial charge on any atom is 0.166 e. The van der Waals surface area contributed by atoms with E-state index in [0.717, 1.165) is 6.07 Å². The van der Waals surface area contributed by atoms with Crippen LogP contribution in [0.25, 0.3) is 0 Å². The molecule has 1 aromatic carbocycles. The van der Waals surface area contributed by atoms with Crippen molar-refractivity contribution in [3.8, 4) is 5.75 Å². The van der Waals surface area contributed by atoms with Gasteiger partial charge in [-0.3, -0.25) is 0 Å². The Hall–Kier alpha value is -0.640. The quantitative estimate of drug-likeness (QED) is 0.669. The molecule has 1 aromatic rings. The van der Waals surface area contributed by atoms with E-state index in [0.29, 0.717) is 6.07 Å². The lowest BCUT2D eigenvalue weighted by atomic mass is 10.3. The molecule has 0 bridgehead atoms. The summed E-state index contributed by atoms with van der Waals surface area (Å²) in [7, 11) is -2.79. The third-order valence-electron chi connectivity index (χ3n) is 1.08. The monoisotopic (exact) mass is 225 g/mol. The van der Waals surface area contributed by atoms with Crippen LogP contribution in [0.3, 0.4) is 0 Å². The highest BCUT2D eigenvalue weighted by Crippen LogP contribution is 2.24. The van der Waals surface area contributed by atoms with E-state index in [1.807, 2.05) is 0 Å². The zero-order valence-electron chi connectivity index (χ0n) is 8.20. The number of ether oxygens (including phenoxy) is 1. The topological polar surface area (TPSA) is 9.23 Å². The van der Waals surface area contributed by atoms with Crippen LogP contribution in [0.1, 0.15) is 4.11 Å². The van der Waals surface area contributed by atoms with Crippen molar-refractivity contribution in [1.82, 2.24) is 0 Å². The maximum atomic E-state index is 13.0. The van der Waals surface area contributed by atoms with Crippen molar-refractivity contribution in [2.45, 2.75) is 0 Å². The molecule has 0 unspecified atom stereocenters. The second-order valence-electron chi connectivity index (χ2n) is 1.80. The van der Waals surface area contributed by atoms with Crippen molar-refractivity contribution in [2.75, 3.05) is 7.04 Å². The van der Waals surface area contributed by atoms with Crippen LogP contribution in [0.5, 0.6) is 5.75 Å². The van der Waals surface area contributed by atoms with Gasteiger partial charge in [-0.1, -0.05) is 0 Å². The van der Waals surface area contributed by atoms with E-state index in [-0.39, 0.29) is 4.47 Å². The van der Waals surface area contributed by atoms with Gasteiger partial charge >= 0.3 is 0 Å². The summed E-state index contributed by atoms with van der Waals surface area (Å²) in [4.78, 5) is 0. The number of benzene rings is 1. The normalized spacial score (nSPS) is 15.0. The van der Waals surface area contributed by atoms with Crippen LogP contribution in [0.4, 0.5) is 8.78 Å². The van der Waals surface area contributed by atoms with Gasteiger partial charge in [-0.05, 0) is 22.0 Å². The van der Waals surface area contributed by atoms with Gasteiger partial charge < -0.3 is 4.74 Å². The first-order valence-corrected chi connectivity index (χ1v) is 3.42. The lowest BCUT2D eigenvalue weighted by Crippen LogP contribution is -1.89. The van der Waals surface area contributed by atoms with E-state index in [2.05, 4.69) is 20.7 Å². The highest BCUT2D eigenvalue weighted by molar-refractivity contribution is 9.10. The average Bonchev–Trinajstić information content (AvgIpc) is 1.97. The summed E-state index contributed by atoms with van der Waals surface area (Å²) in [5.74, 6) is -2.36. The smallest absolute Gasteiger partial charge is 0.166 e. The van der Waals surface area contributed by atoms with Gasteiger partial charge in [0.25, 0.3) is 0 Å². The fraction of sp³-hybridized carbons (Fsp3) is 0.143. The molecule has 0 aliphatic carbocycles. The van der Waals surface area contributed by atoms with Crippen molar-refractivity contribution in [3.05, 3.63) is 28.2 Å². The molecule has 0 aromatic heterocycles. The molecule has 1 rings (SSSR count). The molecular weight excluding hydrogens is 218 g/mol. The second kappa shape index (κ2) is 3.17. The van der Waals surface area contributed by atoms with Crippen LogP contribution in [-0.4, -0.2) is 7.04 Å². The van der Waals surface area contributed by atoms with E-state index < -0.39 is 24.4 Å². The molecule has 0 amide bonds. The highest BCUT2D eigenvalue weighted by atomic mass is 79.9. The van der Waals surface area contributed by atoms with Crippen molar-refractivity contribution >= 4 is 15.9 Å². The van der Waals surface area contributed by atoms with Crippen molar-refractivity contribution in [2.24, 2.45) is 0 Å². The van der Waals surface area contributed by atoms with Crippen LogP contribution in [0, 0.1) is 11.6 Å². The maximum absolute atomic E-state index is 13.0. The standard InChI is InChI=1S/C7H5BrF2O/c1-11-7-3-5(9)4(8)2-6(7)10/h2-3H,1H3/i1D3. The van der Waals surface area contributed by atoms with Gasteiger partial charge in [0.05, 0.1) is 15.6 Å². The van der Waals surface area contributed by atoms with Crippen molar-refractivity contribution in [3.63, 3.8) is 0 Å². The molecule has 0 saturated carbocycles. The van der Waals surface area contributed by atoms with Gasteiger partial charge in [-0.2, -0.15) is 0 Å². The molecular formula is C7H5BrF2O. The molecule has 60 valence electrons. The SMILES string of the molecule is [2H]C([2H])([2H])Oc1cc(F)c(Br)cc1F. The summed E-state index contributed by atoms with van der Waals surface area (Å²) in [5, 5.41) is 0. The largest absolute Gasteiger partial charge is 0.494 e. The van der Waals surface area contributed by atoms with Crippen LogP contribution in [-0.2, 0) is 0 Å². The predicted molar refractivity (Wildman–Crippen MR) is 40.6 cm³/mol. The second-order valence-corrected chi connectivity index (χ2v) is 2.65. The fourth-order valence-electron chi connectivity index (χ4n) is 0.583. The molecule has 4 heteroatoms. The lowest BCUT2D eigenvalue weighted by Gasteiger charge is -2.01. The third kappa shape index (κ3) is 1.68. The Kier molecular flexibility index (Phi) is 1.47. The van der Waals surface area contributed by atoms with Crippen LogP contribution < -0.4 is 4.74 Å². The summed E-state index contributed by atoms with van der Waals surface area (Å²) in [6, 6.07) is 1.47. The Bertz CT molecular complexity index is 354. The molecule has 0 aliphatic rings. The number of halogens is 3. The third-order valence-corrected chi connectivity index (χ3v) is 1.69. The fourth-order valence-corrected chi connectivity index (χ4v) is 0.898. The van der Waals surface area contributed by atoms with Crippen molar-refractivity contribution < 1.29 is 17.6 Å². The Morgan fingerprint density at radius 2 is 2.18 bits per heavy atom. The minimum atomic E-state index is -2.79. The summed E-state index contributed by atoms with van der Waals surface area (Å²) in [5.41, 5.74) is 0. The first-order chi connectivity index (χ1) is 6.29. The zero-order chi connectivity index (χ0) is 10.9. The molecule has 0 fully saturated rings. The Morgan fingerprint density at radius 1 is 1.45 bits per heavy atom. The lowest BCUT2D eigenvalue weighted by molar-refractivity contribution is 0.382. The van der Waals surface area contributed by atoms with E-state index in [9.17, 15) is 8.78 Å². The van der Waals surface area contributed by atoms with Gasteiger partial charge in [0.15, 0.2) is 11.6 Å². The molecule has 0 aliphatic heterocycles. The number of hydrogen-bond donors (Lipinski definition) is 0. The van der Waals surface area contributed by atoms with Crippen LogP contribution >= 0.6 is 15.9 Å². The van der Waals surface area contributed by atoms with Gasteiger partial charge in [-0.25, -0.2) is 8.78 Å². The summed E-state index contributed by atoms with van der Waals surface area (Å²) in [6.07, 6.45) is 0. The van der Waals surface area contributed by atoms with Gasteiger partial charge in [0.1, 0.15) is 5.82 Å². The first kappa shape index (κ1) is 5.09. The average molecular weight is 226 g/mol. The summed E-state index contributed by atoms with van der Waals surface area (Å²) in [6.45, 7) is 0. The number of methoxy groups -OCH3 is 1. The minimum Gasteiger partial charge on any atom is -0.494 e.